The Labute approximate surface area is 203 Å². The number of halogens is 1. The summed E-state index contributed by atoms with van der Waals surface area (Å²) in [5.74, 6) is 0.777. The predicted molar refractivity (Wildman–Crippen MR) is 138 cm³/mol. The molecule has 0 heterocycles. The van der Waals surface area contributed by atoms with E-state index in [0.29, 0.717) is 25.7 Å². The van der Waals surface area contributed by atoms with Crippen molar-refractivity contribution in [2.24, 2.45) is 4.99 Å². The number of carbonyl (C=O) groups is 1. The number of aliphatic imine (C=N–C) groups is 1. The van der Waals surface area contributed by atoms with Crippen LogP contribution in [0.15, 0.2) is 65.7 Å². The van der Waals surface area contributed by atoms with Crippen molar-refractivity contribution in [3.63, 3.8) is 0 Å². The summed E-state index contributed by atoms with van der Waals surface area (Å²) < 4.78 is 5.40. The second-order valence-electron chi connectivity index (χ2n) is 7.19. The van der Waals surface area contributed by atoms with Gasteiger partial charge in [-0.1, -0.05) is 60.7 Å². The van der Waals surface area contributed by atoms with Gasteiger partial charge in [0.05, 0.1) is 0 Å². The fraction of sp³-hybridized carbons (Fsp3) is 0.417. The molecule has 0 aromatic heterocycles. The van der Waals surface area contributed by atoms with Gasteiger partial charge in [0.15, 0.2) is 5.96 Å². The molecule has 31 heavy (non-hydrogen) atoms. The number of hydrogen-bond donors (Lipinski definition) is 2. The van der Waals surface area contributed by atoms with Crippen molar-refractivity contribution in [2.75, 3.05) is 46.9 Å². The topological polar surface area (TPSA) is 66.0 Å². The summed E-state index contributed by atoms with van der Waals surface area (Å²) >= 11 is 0. The van der Waals surface area contributed by atoms with E-state index in [0.717, 1.165) is 13.0 Å². The van der Waals surface area contributed by atoms with Gasteiger partial charge >= 0.3 is 0 Å². The average Bonchev–Trinajstić information content (AvgIpc) is 2.78. The molecule has 0 saturated carbocycles. The monoisotopic (exact) mass is 538 g/mol. The predicted octanol–water partition coefficient (Wildman–Crippen LogP) is 3.49. The summed E-state index contributed by atoms with van der Waals surface area (Å²) in [6.07, 6.45) is 0.872. The van der Waals surface area contributed by atoms with Crippen LogP contribution in [0.3, 0.4) is 0 Å². The van der Waals surface area contributed by atoms with Crippen molar-refractivity contribution in [1.82, 2.24) is 15.5 Å². The van der Waals surface area contributed by atoms with Crippen LogP contribution in [0, 0.1) is 0 Å². The number of benzene rings is 2. The van der Waals surface area contributed by atoms with Gasteiger partial charge in [0.2, 0.25) is 5.91 Å². The quantitative estimate of drug-likeness (QED) is 0.199. The van der Waals surface area contributed by atoms with Crippen LogP contribution in [0.25, 0.3) is 0 Å². The Morgan fingerprint density at radius 3 is 2.10 bits per heavy atom. The highest BCUT2D eigenvalue weighted by Gasteiger charge is 2.15. The highest BCUT2D eigenvalue weighted by atomic mass is 127. The van der Waals surface area contributed by atoms with Gasteiger partial charge in [-0.25, -0.2) is 4.99 Å². The second kappa shape index (κ2) is 15.6. The third-order valence-corrected chi connectivity index (χ3v) is 4.71. The smallest absolute Gasteiger partial charge is 0.243 e. The first-order valence-corrected chi connectivity index (χ1v) is 10.5. The molecule has 1 amide bonds. The molecule has 0 fully saturated rings. The van der Waals surface area contributed by atoms with E-state index in [1.165, 1.54) is 11.1 Å². The van der Waals surface area contributed by atoms with Crippen LogP contribution < -0.4 is 10.6 Å². The van der Waals surface area contributed by atoms with Crippen molar-refractivity contribution < 1.29 is 9.53 Å². The standard InChI is InChI=1S/C24H34N4O2.HI/c1-4-30-17-11-16-25-24(27-19-23(29)28(2)3)26-18-22(20-12-7-5-8-13-20)21-14-9-6-10-15-21;/h5-10,12-15,22H,4,11,16-19H2,1-3H3,(H2,25,26,27);1H. The summed E-state index contributed by atoms with van der Waals surface area (Å²) in [5, 5.41) is 6.75. The third kappa shape index (κ3) is 10.1. The van der Waals surface area contributed by atoms with Crippen LogP contribution in [0.2, 0.25) is 0 Å². The number of hydrogen-bond acceptors (Lipinski definition) is 3. The maximum absolute atomic E-state index is 12.0. The van der Waals surface area contributed by atoms with E-state index in [9.17, 15) is 4.79 Å². The Morgan fingerprint density at radius 2 is 1.58 bits per heavy atom. The molecule has 0 saturated heterocycles. The molecular weight excluding hydrogens is 503 g/mol. The van der Waals surface area contributed by atoms with Crippen molar-refractivity contribution in [1.29, 1.82) is 0 Å². The van der Waals surface area contributed by atoms with Crippen LogP contribution in [-0.4, -0.2) is 63.7 Å². The largest absolute Gasteiger partial charge is 0.382 e. The molecule has 2 aromatic rings. The lowest BCUT2D eigenvalue weighted by Crippen LogP contribution is -2.41. The third-order valence-electron chi connectivity index (χ3n) is 4.71. The van der Waals surface area contributed by atoms with E-state index < -0.39 is 0 Å². The highest BCUT2D eigenvalue weighted by molar-refractivity contribution is 14.0. The molecule has 0 atom stereocenters. The molecule has 6 nitrogen and oxygen atoms in total. The zero-order valence-electron chi connectivity index (χ0n) is 18.7. The minimum absolute atomic E-state index is 0. The maximum atomic E-state index is 12.0. The number of likely N-dealkylation sites (N-methyl/N-ethyl adjacent to an activating group) is 1. The Bertz CT molecular complexity index is 730. The second-order valence-corrected chi connectivity index (χ2v) is 7.19. The van der Waals surface area contributed by atoms with E-state index in [2.05, 4.69) is 64.2 Å². The normalized spacial score (nSPS) is 11.0. The first-order valence-electron chi connectivity index (χ1n) is 10.5. The average molecular weight is 538 g/mol. The van der Waals surface area contributed by atoms with Gasteiger partial charge < -0.3 is 20.3 Å². The molecule has 0 radical (unpaired) electrons. The van der Waals surface area contributed by atoms with E-state index in [4.69, 9.17) is 4.74 Å². The summed E-state index contributed by atoms with van der Waals surface area (Å²) in [6, 6.07) is 20.8. The number of carbonyl (C=O) groups excluding carboxylic acids is 1. The van der Waals surface area contributed by atoms with Crippen molar-refractivity contribution >= 4 is 35.8 Å². The maximum Gasteiger partial charge on any atom is 0.243 e. The van der Waals surface area contributed by atoms with Crippen LogP contribution in [-0.2, 0) is 9.53 Å². The summed E-state index contributed by atoms with van der Waals surface area (Å²) in [7, 11) is 3.47. The van der Waals surface area contributed by atoms with E-state index in [-0.39, 0.29) is 42.3 Å². The van der Waals surface area contributed by atoms with E-state index in [1.807, 2.05) is 19.1 Å². The number of guanidine groups is 1. The van der Waals surface area contributed by atoms with Crippen LogP contribution in [0.5, 0.6) is 0 Å². The first kappa shape index (κ1) is 26.9. The zero-order valence-corrected chi connectivity index (χ0v) is 21.0. The van der Waals surface area contributed by atoms with Gasteiger partial charge in [-0.05, 0) is 24.5 Å². The lowest BCUT2D eigenvalue weighted by molar-refractivity contribution is -0.127. The molecule has 0 aliphatic rings. The number of nitrogens with zero attached hydrogens (tertiary/aromatic N) is 2. The van der Waals surface area contributed by atoms with E-state index in [1.54, 1.807) is 19.0 Å². The van der Waals surface area contributed by atoms with Gasteiger partial charge in [0.1, 0.15) is 6.54 Å². The fourth-order valence-electron chi connectivity index (χ4n) is 2.99. The summed E-state index contributed by atoms with van der Waals surface area (Å²) in [6.45, 7) is 4.90. The lowest BCUT2D eigenvalue weighted by atomic mass is 9.91. The fourth-order valence-corrected chi connectivity index (χ4v) is 2.99. The van der Waals surface area contributed by atoms with Gasteiger partial charge in [0, 0.05) is 46.3 Å². The van der Waals surface area contributed by atoms with Gasteiger partial charge in [0.25, 0.3) is 0 Å². The molecule has 2 aromatic carbocycles. The zero-order chi connectivity index (χ0) is 21.6. The van der Waals surface area contributed by atoms with Gasteiger partial charge in [-0.3, -0.25) is 4.79 Å². The molecule has 0 bridgehead atoms. The number of nitrogens with one attached hydrogen (secondary N) is 2. The van der Waals surface area contributed by atoms with Gasteiger partial charge in [-0.2, -0.15) is 0 Å². The highest BCUT2D eigenvalue weighted by Crippen LogP contribution is 2.23. The summed E-state index contributed by atoms with van der Waals surface area (Å²) in [5.41, 5.74) is 2.47. The van der Waals surface area contributed by atoms with Crippen molar-refractivity contribution in [2.45, 2.75) is 19.3 Å². The van der Waals surface area contributed by atoms with Crippen molar-refractivity contribution in [3.05, 3.63) is 71.8 Å². The molecule has 0 aliphatic carbocycles. The Hall–Kier alpha value is -2.13. The molecule has 0 unspecified atom stereocenters. The molecule has 170 valence electrons. The molecule has 2 rings (SSSR count). The Kier molecular flexibility index (Phi) is 13.6. The van der Waals surface area contributed by atoms with Crippen LogP contribution in [0.1, 0.15) is 30.4 Å². The number of amides is 1. The number of ether oxygens (including phenoxy) is 1. The molecular formula is C24H35IN4O2. The van der Waals surface area contributed by atoms with Crippen LogP contribution in [0.4, 0.5) is 0 Å². The SMILES string of the molecule is CCOCCCNC(=NCC(=O)N(C)C)NCC(c1ccccc1)c1ccccc1.I. The Morgan fingerprint density at radius 1 is 1.00 bits per heavy atom. The first-order chi connectivity index (χ1) is 14.6. The molecule has 7 heteroatoms. The summed E-state index contributed by atoms with van der Waals surface area (Å²) in [4.78, 5) is 18.0. The number of rotatable bonds is 11. The molecule has 0 spiro atoms. The molecule has 0 aliphatic heterocycles. The van der Waals surface area contributed by atoms with E-state index >= 15 is 0 Å². The minimum Gasteiger partial charge on any atom is -0.382 e. The molecule has 2 N–H and O–H groups in total. The lowest BCUT2D eigenvalue weighted by Gasteiger charge is -2.21. The van der Waals surface area contributed by atoms with Crippen molar-refractivity contribution in [3.8, 4) is 0 Å². The van der Waals surface area contributed by atoms with Gasteiger partial charge in [-0.15, -0.1) is 24.0 Å². The minimum atomic E-state index is -0.0342. The van der Waals surface area contributed by atoms with Crippen LogP contribution >= 0.6 is 24.0 Å². The Balaban J connectivity index is 0.00000480.